The minimum absolute atomic E-state index is 0.106. The Bertz CT molecular complexity index is 1290. The molecule has 1 radical (unpaired) electrons. The van der Waals surface area contributed by atoms with Crippen molar-refractivity contribution in [2.75, 3.05) is 28.3 Å². The van der Waals surface area contributed by atoms with E-state index in [9.17, 15) is 0 Å². The van der Waals surface area contributed by atoms with Gasteiger partial charge < -0.3 is 9.47 Å². The topological polar surface area (TPSA) is 21.7 Å². The zero-order valence-corrected chi connectivity index (χ0v) is 23.5. The monoisotopic (exact) mass is 496 g/mol. The SMILES string of the molecule is COc1c(C)cc(P(C2=C=C=C=C2[C@@H](C2=C[CH]C=CC2)N(C)C)c2cc(C)c(OC)c(C)c2)cc1C. The summed E-state index contributed by atoms with van der Waals surface area (Å²) in [4.78, 5) is 2.28. The van der Waals surface area contributed by atoms with Gasteiger partial charge in [-0.15, -0.1) is 0 Å². The molecule has 0 saturated heterocycles. The summed E-state index contributed by atoms with van der Waals surface area (Å²) in [5.41, 5.74) is 17.3. The molecule has 2 aromatic rings. The third-order valence-electron chi connectivity index (χ3n) is 6.72. The van der Waals surface area contributed by atoms with Crippen LogP contribution in [0.2, 0.25) is 0 Å². The Labute approximate surface area is 217 Å². The van der Waals surface area contributed by atoms with Gasteiger partial charge in [-0.3, -0.25) is 4.90 Å². The van der Waals surface area contributed by atoms with Crippen molar-refractivity contribution in [3.63, 3.8) is 0 Å². The number of allylic oxidation sites excluding steroid dienone is 3. The first-order valence-electron chi connectivity index (χ1n) is 12.2. The quantitative estimate of drug-likeness (QED) is 0.325. The zero-order chi connectivity index (χ0) is 26.0. The fourth-order valence-corrected chi connectivity index (χ4v) is 8.02. The van der Waals surface area contributed by atoms with E-state index in [1.165, 1.54) is 21.5 Å². The number of benzene rings is 2. The molecule has 3 nitrogen and oxygen atoms in total. The van der Waals surface area contributed by atoms with Crippen molar-refractivity contribution in [2.45, 2.75) is 40.2 Å². The van der Waals surface area contributed by atoms with Crippen molar-refractivity contribution in [2.24, 2.45) is 0 Å². The standard InChI is InChI=1S/C32H35NO2P/c1-21-17-26(18-22(2)31(21)34-7)36(27-19-23(3)32(35-8)24(4)20-27)29-16-12-15-28(29)30(33(5)6)25-13-10-9-11-14-25/h9-11,13,17-20,30H,14H2,1-8H3/t30-/m1/s1. The van der Waals surface area contributed by atoms with Gasteiger partial charge in [0.05, 0.1) is 20.3 Å². The number of hydrogen-bond acceptors (Lipinski definition) is 3. The molecule has 0 N–H and O–H groups in total. The van der Waals surface area contributed by atoms with E-state index in [-0.39, 0.29) is 6.04 Å². The number of hydrogen-bond donors (Lipinski definition) is 0. The van der Waals surface area contributed by atoms with Gasteiger partial charge in [0, 0.05) is 17.3 Å². The summed E-state index contributed by atoms with van der Waals surface area (Å²) in [6.45, 7) is 8.50. The summed E-state index contributed by atoms with van der Waals surface area (Å²) in [5, 5.41) is 3.72. The Balaban J connectivity index is 1.90. The molecule has 0 fully saturated rings. The number of likely N-dealkylation sites (N-methyl/N-ethyl adjacent to an activating group) is 1. The third-order valence-corrected chi connectivity index (χ3v) is 9.07. The molecule has 4 rings (SSSR count). The van der Waals surface area contributed by atoms with Crippen LogP contribution >= 0.6 is 7.92 Å². The summed E-state index contributed by atoms with van der Waals surface area (Å²) in [5.74, 6) is 1.89. The highest BCUT2D eigenvalue weighted by Gasteiger charge is 2.32. The highest BCUT2D eigenvalue weighted by Crippen LogP contribution is 2.50. The maximum atomic E-state index is 5.69. The lowest BCUT2D eigenvalue weighted by Gasteiger charge is -2.32. The van der Waals surface area contributed by atoms with E-state index in [1.54, 1.807) is 14.2 Å². The van der Waals surface area contributed by atoms with E-state index in [4.69, 9.17) is 9.47 Å². The second kappa shape index (κ2) is 10.9. The average molecular weight is 497 g/mol. The van der Waals surface area contributed by atoms with E-state index >= 15 is 0 Å². The number of methoxy groups -OCH3 is 2. The van der Waals surface area contributed by atoms with E-state index in [0.29, 0.717) is 0 Å². The van der Waals surface area contributed by atoms with Crippen molar-refractivity contribution in [1.29, 1.82) is 0 Å². The maximum Gasteiger partial charge on any atom is 0.124 e. The fraction of sp³-hybridized carbons (Fsp3) is 0.312. The maximum absolute atomic E-state index is 5.69. The fourth-order valence-electron chi connectivity index (χ4n) is 5.33. The largest absolute Gasteiger partial charge is 0.496 e. The molecule has 0 aliphatic heterocycles. The summed E-state index contributed by atoms with van der Waals surface area (Å²) >= 11 is 0. The molecule has 36 heavy (non-hydrogen) atoms. The lowest BCUT2D eigenvalue weighted by atomic mass is 9.92. The summed E-state index contributed by atoms with van der Waals surface area (Å²) in [6.07, 6.45) is 9.62. The van der Waals surface area contributed by atoms with E-state index in [2.05, 4.69) is 113 Å². The molecular weight excluding hydrogens is 461 g/mol. The molecule has 185 valence electrons. The zero-order valence-electron chi connectivity index (χ0n) is 22.6. The van der Waals surface area contributed by atoms with E-state index in [1.807, 2.05) is 0 Å². The van der Waals surface area contributed by atoms with E-state index < -0.39 is 7.92 Å². The Morgan fingerprint density at radius 2 is 1.36 bits per heavy atom. The van der Waals surface area contributed by atoms with Crippen LogP contribution in [-0.4, -0.2) is 39.3 Å². The summed E-state index contributed by atoms with van der Waals surface area (Å²) in [6, 6.07) is 9.21. The van der Waals surface area contributed by atoms with Crippen LogP contribution in [0.4, 0.5) is 0 Å². The summed E-state index contributed by atoms with van der Waals surface area (Å²) < 4.78 is 11.4. The van der Waals surface area contributed by atoms with Gasteiger partial charge in [0.25, 0.3) is 0 Å². The van der Waals surface area contributed by atoms with Crippen LogP contribution in [-0.2, 0) is 0 Å². The van der Waals surface area contributed by atoms with Gasteiger partial charge in [-0.05, 0) is 125 Å². The lowest BCUT2D eigenvalue weighted by molar-refractivity contribution is 0.366. The number of ether oxygens (including phenoxy) is 2. The van der Waals surface area contributed by atoms with Gasteiger partial charge in [0.2, 0.25) is 0 Å². The second-order valence-electron chi connectivity index (χ2n) is 9.63. The normalized spacial score (nSPS) is 15.3. The smallest absolute Gasteiger partial charge is 0.124 e. The van der Waals surface area contributed by atoms with Gasteiger partial charge in [-0.2, -0.15) is 0 Å². The van der Waals surface area contributed by atoms with Crippen molar-refractivity contribution in [3.8, 4) is 11.5 Å². The predicted octanol–water partition coefficient (Wildman–Crippen LogP) is 6.12. The summed E-state index contributed by atoms with van der Waals surface area (Å²) in [7, 11) is 6.84. The van der Waals surface area contributed by atoms with Crippen LogP contribution < -0.4 is 20.1 Å². The first-order chi connectivity index (χ1) is 17.3. The Morgan fingerprint density at radius 3 is 1.78 bits per heavy atom. The third kappa shape index (κ3) is 4.96. The number of nitrogens with zero attached hydrogens (tertiary/aromatic N) is 1. The van der Waals surface area contributed by atoms with Crippen molar-refractivity contribution in [1.82, 2.24) is 4.90 Å². The van der Waals surface area contributed by atoms with Crippen LogP contribution in [0.1, 0.15) is 28.7 Å². The lowest BCUT2D eigenvalue weighted by Crippen LogP contribution is -2.33. The molecule has 0 heterocycles. The van der Waals surface area contributed by atoms with Crippen LogP contribution in [0.3, 0.4) is 0 Å². The van der Waals surface area contributed by atoms with Gasteiger partial charge in [-0.1, -0.05) is 29.7 Å². The highest BCUT2D eigenvalue weighted by molar-refractivity contribution is 7.77. The first-order valence-corrected chi connectivity index (χ1v) is 13.6. The molecule has 1 atom stereocenters. The molecule has 2 aromatic carbocycles. The molecule has 0 bridgehead atoms. The van der Waals surface area contributed by atoms with Crippen LogP contribution in [0.15, 0.2) is 76.1 Å². The van der Waals surface area contributed by atoms with Crippen LogP contribution in [0.25, 0.3) is 0 Å². The molecule has 4 heteroatoms. The van der Waals surface area contributed by atoms with Gasteiger partial charge in [0.1, 0.15) is 11.5 Å². The van der Waals surface area contributed by atoms with Crippen LogP contribution in [0, 0.1) is 34.1 Å². The molecule has 0 spiro atoms. The van der Waals surface area contributed by atoms with Gasteiger partial charge in [-0.25, -0.2) is 0 Å². The van der Waals surface area contributed by atoms with Gasteiger partial charge in [0.15, 0.2) is 0 Å². The van der Waals surface area contributed by atoms with Crippen molar-refractivity contribution < 1.29 is 9.47 Å². The van der Waals surface area contributed by atoms with Crippen LogP contribution in [0.5, 0.6) is 11.5 Å². The molecule has 0 aromatic heterocycles. The number of rotatable bonds is 8. The van der Waals surface area contributed by atoms with Crippen molar-refractivity contribution >= 4 is 18.5 Å². The number of aryl methyl sites for hydroxylation is 4. The molecule has 2 aliphatic rings. The van der Waals surface area contributed by atoms with E-state index in [0.717, 1.165) is 45.7 Å². The Kier molecular flexibility index (Phi) is 7.92. The van der Waals surface area contributed by atoms with Gasteiger partial charge >= 0.3 is 0 Å². The Hall–Kier alpha value is -3.01. The minimum atomic E-state index is -0.919. The molecule has 2 aliphatic carbocycles. The first kappa shape index (κ1) is 26.1. The molecular formula is C32H35NO2P. The predicted molar refractivity (Wildman–Crippen MR) is 152 cm³/mol. The molecule has 0 saturated carbocycles. The second-order valence-corrected chi connectivity index (χ2v) is 11.8. The molecule has 0 unspecified atom stereocenters. The van der Waals surface area contributed by atoms with Crippen molar-refractivity contribution in [3.05, 3.63) is 105 Å². The minimum Gasteiger partial charge on any atom is -0.496 e. The Morgan fingerprint density at radius 1 is 0.833 bits per heavy atom. The highest BCUT2D eigenvalue weighted by atomic mass is 31.1. The molecule has 0 amide bonds. The average Bonchev–Trinajstić information content (AvgIpc) is 3.28.